The molecule has 1 heterocycles. The van der Waals surface area contributed by atoms with Crippen LogP contribution >= 0.6 is 0 Å². The maximum atomic E-state index is 11.4. The number of carbonyl (C=O) groups excluding carboxylic acids is 1. The number of esters is 1. The van der Waals surface area contributed by atoms with Gasteiger partial charge < -0.3 is 9.64 Å². The first-order valence-electron chi connectivity index (χ1n) is 6.46. The second-order valence-electron chi connectivity index (χ2n) is 5.37. The van der Waals surface area contributed by atoms with E-state index in [2.05, 4.69) is 25.7 Å². The van der Waals surface area contributed by atoms with Gasteiger partial charge in [0.25, 0.3) is 0 Å². The summed E-state index contributed by atoms with van der Waals surface area (Å²) in [5.74, 6) is 0.999. The van der Waals surface area contributed by atoms with Gasteiger partial charge in [-0.3, -0.25) is 4.79 Å². The molecule has 0 amide bonds. The molecule has 0 aromatic heterocycles. The third-order valence-electron chi connectivity index (χ3n) is 2.97. The van der Waals surface area contributed by atoms with Gasteiger partial charge in [-0.05, 0) is 31.8 Å². The molecule has 0 N–H and O–H groups in total. The molecule has 0 aliphatic carbocycles. The smallest absolute Gasteiger partial charge is 0.305 e. The van der Waals surface area contributed by atoms with Crippen molar-refractivity contribution in [2.75, 3.05) is 26.2 Å². The summed E-state index contributed by atoms with van der Waals surface area (Å²) in [6.07, 6.45) is 2.81. The van der Waals surface area contributed by atoms with Crippen LogP contribution in [0.25, 0.3) is 0 Å². The zero-order chi connectivity index (χ0) is 12.0. The highest BCUT2D eigenvalue weighted by Gasteiger charge is 2.17. The first-order chi connectivity index (χ1) is 7.58. The Morgan fingerprint density at radius 1 is 1.31 bits per heavy atom. The van der Waals surface area contributed by atoms with E-state index in [9.17, 15) is 4.79 Å². The monoisotopic (exact) mass is 227 g/mol. The fourth-order valence-electron chi connectivity index (χ4n) is 1.77. The Kier molecular flexibility index (Phi) is 5.81. The molecule has 1 unspecified atom stereocenters. The molecule has 0 radical (unpaired) electrons. The fourth-order valence-corrected chi connectivity index (χ4v) is 1.77. The van der Waals surface area contributed by atoms with Crippen LogP contribution in [0, 0.1) is 11.8 Å². The summed E-state index contributed by atoms with van der Waals surface area (Å²) < 4.78 is 5.26. The van der Waals surface area contributed by atoms with E-state index >= 15 is 0 Å². The lowest BCUT2D eigenvalue weighted by atomic mass is 10.1. The van der Waals surface area contributed by atoms with E-state index in [0.717, 1.165) is 13.0 Å². The summed E-state index contributed by atoms with van der Waals surface area (Å²) >= 11 is 0. The molecule has 1 aliphatic heterocycles. The van der Waals surface area contributed by atoms with Gasteiger partial charge >= 0.3 is 5.97 Å². The molecule has 1 atom stereocenters. The summed E-state index contributed by atoms with van der Waals surface area (Å²) in [5.41, 5.74) is 0. The van der Waals surface area contributed by atoms with Crippen molar-refractivity contribution >= 4 is 5.97 Å². The third-order valence-corrected chi connectivity index (χ3v) is 2.97. The van der Waals surface area contributed by atoms with Gasteiger partial charge in [-0.2, -0.15) is 0 Å². The number of nitrogens with zero attached hydrogens (tertiary/aromatic N) is 1. The summed E-state index contributed by atoms with van der Waals surface area (Å²) in [6.45, 7) is 10.5. The molecule has 0 aromatic rings. The standard InChI is InChI=1S/C13H25NO2/c1-11(2)5-6-13(15)16-10-12(3)9-14-7-4-8-14/h11-12H,4-10H2,1-3H3. The average Bonchev–Trinajstić information content (AvgIpc) is 2.17. The van der Waals surface area contributed by atoms with Crippen LogP contribution in [0.2, 0.25) is 0 Å². The SMILES string of the molecule is CC(C)CCC(=O)OCC(C)CN1CCC1. The number of hydrogen-bond donors (Lipinski definition) is 0. The maximum absolute atomic E-state index is 11.4. The summed E-state index contributed by atoms with van der Waals surface area (Å²) in [7, 11) is 0. The molecule has 1 saturated heterocycles. The van der Waals surface area contributed by atoms with E-state index in [1.807, 2.05) is 0 Å². The Hall–Kier alpha value is -0.570. The second kappa shape index (κ2) is 6.89. The van der Waals surface area contributed by atoms with E-state index in [1.165, 1.54) is 19.5 Å². The van der Waals surface area contributed by atoms with Crippen LogP contribution in [0.3, 0.4) is 0 Å². The largest absolute Gasteiger partial charge is 0.465 e. The van der Waals surface area contributed by atoms with Crippen LogP contribution < -0.4 is 0 Å². The van der Waals surface area contributed by atoms with Crippen molar-refractivity contribution in [3.63, 3.8) is 0 Å². The van der Waals surface area contributed by atoms with Gasteiger partial charge in [0, 0.05) is 18.9 Å². The van der Waals surface area contributed by atoms with E-state index in [0.29, 0.717) is 24.9 Å². The summed E-state index contributed by atoms with van der Waals surface area (Å²) in [6, 6.07) is 0. The molecule has 1 aliphatic rings. The number of rotatable bonds is 7. The van der Waals surface area contributed by atoms with E-state index < -0.39 is 0 Å². The predicted octanol–water partition coefficient (Wildman–Crippen LogP) is 2.31. The van der Waals surface area contributed by atoms with Gasteiger partial charge in [0.2, 0.25) is 0 Å². The molecule has 0 bridgehead atoms. The Labute approximate surface area is 99.1 Å². The molecule has 0 spiro atoms. The highest BCUT2D eigenvalue weighted by Crippen LogP contribution is 2.10. The topological polar surface area (TPSA) is 29.5 Å². The Bertz CT molecular complexity index is 212. The number of carbonyl (C=O) groups is 1. The summed E-state index contributed by atoms with van der Waals surface area (Å²) in [4.78, 5) is 13.8. The molecular formula is C13H25NO2. The number of ether oxygens (including phenoxy) is 1. The van der Waals surface area contributed by atoms with Gasteiger partial charge in [-0.1, -0.05) is 20.8 Å². The first kappa shape index (κ1) is 13.5. The highest BCUT2D eigenvalue weighted by molar-refractivity contribution is 5.69. The van der Waals surface area contributed by atoms with Gasteiger partial charge in [0.15, 0.2) is 0 Å². The van der Waals surface area contributed by atoms with E-state index in [4.69, 9.17) is 4.74 Å². The van der Waals surface area contributed by atoms with Crippen LogP contribution in [0.4, 0.5) is 0 Å². The van der Waals surface area contributed by atoms with Gasteiger partial charge in [-0.25, -0.2) is 0 Å². The van der Waals surface area contributed by atoms with Crippen molar-refractivity contribution in [2.24, 2.45) is 11.8 Å². The molecule has 3 nitrogen and oxygen atoms in total. The van der Waals surface area contributed by atoms with Gasteiger partial charge in [-0.15, -0.1) is 0 Å². The zero-order valence-corrected chi connectivity index (χ0v) is 10.9. The summed E-state index contributed by atoms with van der Waals surface area (Å²) in [5, 5.41) is 0. The average molecular weight is 227 g/mol. The van der Waals surface area contributed by atoms with Crippen LogP contribution in [0.5, 0.6) is 0 Å². The minimum Gasteiger partial charge on any atom is -0.465 e. The highest BCUT2D eigenvalue weighted by atomic mass is 16.5. The Morgan fingerprint density at radius 2 is 2.00 bits per heavy atom. The predicted molar refractivity (Wildman–Crippen MR) is 65.3 cm³/mol. The number of likely N-dealkylation sites (tertiary alicyclic amines) is 1. The Balaban J connectivity index is 2.01. The lowest BCUT2D eigenvalue weighted by molar-refractivity contribution is -0.145. The lowest BCUT2D eigenvalue weighted by Gasteiger charge is -2.32. The maximum Gasteiger partial charge on any atom is 0.305 e. The first-order valence-corrected chi connectivity index (χ1v) is 6.46. The van der Waals surface area contributed by atoms with Crippen molar-refractivity contribution in [3.8, 4) is 0 Å². The van der Waals surface area contributed by atoms with Crippen LogP contribution in [0.15, 0.2) is 0 Å². The van der Waals surface area contributed by atoms with Crippen molar-refractivity contribution in [2.45, 2.75) is 40.0 Å². The van der Waals surface area contributed by atoms with Gasteiger partial charge in [0.1, 0.15) is 0 Å². The van der Waals surface area contributed by atoms with E-state index in [1.54, 1.807) is 0 Å². The molecule has 94 valence electrons. The minimum atomic E-state index is -0.0378. The minimum absolute atomic E-state index is 0.0378. The van der Waals surface area contributed by atoms with Crippen molar-refractivity contribution in [1.29, 1.82) is 0 Å². The molecule has 1 rings (SSSR count). The molecular weight excluding hydrogens is 202 g/mol. The molecule has 1 fully saturated rings. The van der Waals surface area contributed by atoms with Crippen LogP contribution in [-0.4, -0.2) is 37.1 Å². The van der Waals surface area contributed by atoms with Crippen molar-refractivity contribution in [3.05, 3.63) is 0 Å². The number of hydrogen-bond acceptors (Lipinski definition) is 3. The molecule has 0 saturated carbocycles. The third kappa shape index (κ3) is 5.50. The normalized spacial score (nSPS) is 18.2. The van der Waals surface area contributed by atoms with Crippen LogP contribution in [0.1, 0.15) is 40.0 Å². The van der Waals surface area contributed by atoms with Crippen molar-refractivity contribution < 1.29 is 9.53 Å². The van der Waals surface area contributed by atoms with Crippen LogP contribution in [-0.2, 0) is 9.53 Å². The fraction of sp³-hybridized carbons (Fsp3) is 0.923. The lowest BCUT2D eigenvalue weighted by Crippen LogP contribution is -2.40. The quantitative estimate of drug-likeness (QED) is 0.625. The molecule has 3 heteroatoms. The van der Waals surface area contributed by atoms with Crippen molar-refractivity contribution in [1.82, 2.24) is 4.90 Å². The van der Waals surface area contributed by atoms with Gasteiger partial charge in [0.05, 0.1) is 6.61 Å². The van der Waals surface area contributed by atoms with E-state index in [-0.39, 0.29) is 5.97 Å². The zero-order valence-electron chi connectivity index (χ0n) is 10.9. The second-order valence-corrected chi connectivity index (χ2v) is 5.37. The Morgan fingerprint density at radius 3 is 2.50 bits per heavy atom. The molecule has 0 aromatic carbocycles. The molecule has 16 heavy (non-hydrogen) atoms.